The van der Waals surface area contributed by atoms with Gasteiger partial charge in [0.15, 0.2) is 0 Å². The van der Waals surface area contributed by atoms with Gasteiger partial charge < -0.3 is 9.32 Å². The summed E-state index contributed by atoms with van der Waals surface area (Å²) >= 11 is 0. The van der Waals surface area contributed by atoms with E-state index < -0.39 is 0 Å². The zero-order chi connectivity index (χ0) is 20.4. The number of benzene rings is 1. The van der Waals surface area contributed by atoms with E-state index in [9.17, 15) is 9.18 Å². The summed E-state index contributed by atoms with van der Waals surface area (Å²) in [6.45, 7) is 5.07. The Morgan fingerprint density at radius 2 is 2.17 bits per heavy atom. The van der Waals surface area contributed by atoms with E-state index in [2.05, 4.69) is 21.9 Å². The standard InChI is InChI=1S/C22H23FN4O2/c1-15-19(12-24-14-26-15)20(28)27-8-4-7-22(2,13-27)21-25-11-18(29-21)10-16-5-3-6-17(23)9-16/h3,5-6,9,11-12,14H,4,7-8,10,13H2,1-2H3. The largest absolute Gasteiger partial charge is 0.445 e. The number of carbonyl (C=O) groups excluding carboxylic acids is 1. The van der Waals surface area contributed by atoms with Gasteiger partial charge in [-0.2, -0.15) is 0 Å². The van der Waals surface area contributed by atoms with Gasteiger partial charge >= 0.3 is 0 Å². The van der Waals surface area contributed by atoms with Gasteiger partial charge in [-0.1, -0.05) is 12.1 Å². The number of halogens is 1. The third-order valence-electron chi connectivity index (χ3n) is 5.46. The molecule has 2 aromatic heterocycles. The third kappa shape index (κ3) is 4.04. The van der Waals surface area contributed by atoms with E-state index in [0.29, 0.717) is 42.4 Å². The molecule has 1 saturated heterocycles. The minimum atomic E-state index is -0.377. The van der Waals surface area contributed by atoms with Gasteiger partial charge in [0.25, 0.3) is 5.91 Å². The monoisotopic (exact) mass is 394 g/mol. The summed E-state index contributed by atoms with van der Waals surface area (Å²) in [6.07, 6.45) is 6.92. The molecule has 0 bridgehead atoms. The zero-order valence-electron chi connectivity index (χ0n) is 16.6. The van der Waals surface area contributed by atoms with Gasteiger partial charge in [-0.15, -0.1) is 0 Å². The van der Waals surface area contributed by atoms with Gasteiger partial charge in [0.1, 0.15) is 17.9 Å². The van der Waals surface area contributed by atoms with Crippen LogP contribution in [0.5, 0.6) is 0 Å². The number of hydrogen-bond donors (Lipinski definition) is 0. The Kier molecular flexibility index (Phi) is 5.13. The van der Waals surface area contributed by atoms with Crippen molar-refractivity contribution in [2.45, 2.75) is 38.5 Å². The fourth-order valence-corrected chi connectivity index (χ4v) is 3.87. The SMILES string of the molecule is Cc1ncncc1C(=O)N1CCCC(C)(c2ncc(Cc3cccc(F)c3)o2)C1. The van der Waals surface area contributed by atoms with Crippen LogP contribution in [0.25, 0.3) is 0 Å². The molecule has 0 saturated carbocycles. The Hall–Kier alpha value is -3.09. The molecule has 3 aromatic rings. The van der Waals surface area contributed by atoms with Crippen LogP contribution in [0.15, 0.2) is 47.4 Å². The molecule has 29 heavy (non-hydrogen) atoms. The van der Waals surface area contributed by atoms with Gasteiger partial charge in [-0.3, -0.25) is 4.79 Å². The molecular weight excluding hydrogens is 371 g/mol. The molecular formula is C22H23FN4O2. The van der Waals surface area contributed by atoms with Crippen molar-refractivity contribution in [2.75, 3.05) is 13.1 Å². The summed E-state index contributed by atoms with van der Waals surface area (Å²) < 4.78 is 19.5. The lowest BCUT2D eigenvalue weighted by Crippen LogP contribution is -2.47. The van der Waals surface area contributed by atoms with E-state index >= 15 is 0 Å². The van der Waals surface area contributed by atoms with Crippen LogP contribution in [0, 0.1) is 12.7 Å². The first kappa shape index (κ1) is 19.2. The van der Waals surface area contributed by atoms with Crippen molar-refractivity contribution in [3.05, 3.63) is 77.3 Å². The zero-order valence-corrected chi connectivity index (χ0v) is 16.6. The van der Waals surface area contributed by atoms with Crippen molar-refractivity contribution in [3.8, 4) is 0 Å². The van der Waals surface area contributed by atoms with Crippen molar-refractivity contribution >= 4 is 5.91 Å². The van der Waals surface area contributed by atoms with Crippen LogP contribution in [0.1, 0.15) is 53.0 Å². The number of hydrogen-bond acceptors (Lipinski definition) is 5. The first-order valence-corrected chi connectivity index (χ1v) is 9.70. The molecule has 1 amide bonds. The number of aryl methyl sites for hydroxylation is 1. The van der Waals surface area contributed by atoms with Crippen LogP contribution in [-0.2, 0) is 11.8 Å². The Bertz CT molecular complexity index is 1030. The lowest BCUT2D eigenvalue weighted by Gasteiger charge is -2.38. The number of oxazole rings is 1. The molecule has 6 nitrogen and oxygen atoms in total. The fraction of sp³-hybridized carbons (Fsp3) is 0.364. The number of amides is 1. The fourth-order valence-electron chi connectivity index (χ4n) is 3.87. The smallest absolute Gasteiger partial charge is 0.257 e. The summed E-state index contributed by atoms with van der Waals surface area (Å²) in [5, 5.41) is 0. The summed E-state index contributed by atoms with van der Waals surface area (Å²) in [5.74, 6) is 0.960. The molecule has 1 atom stereocenters. The van der Waals surface area contributed by atoms with Crippen LogP contribution in [0.3, 0.4) is 0 Å². The van der Waals surface area contributed by atoms with E-state index in [-0.39, 0.29) is 17.1 Å². The quantitative estimate of drug-likeness (QED) is 0.675. The van der Waals surface area contributed by atoms with Crippen molar-refractivity contribution in [1.82, 2.24) is 19.9 Å². The number of piperidine rings is 1. The highest BCUT2D eigenvalue weighted by Gasteiger charge is 2.39. The molecule has 1 unspecified atom stereocenters. The van der Waals surface area contributed by atoms with Gasteiger partial charge in [0, 0.05) is 25.7 Å². The Morgan fingerprint density at radius 1 is 1.31 bits per heavy atom. The number of aromatic nitrogens is 3. The summed E-state index contributed by atoms with van der Waals surface area (Å²) in [5.41, 5.74) is 1.65. The molecule has 3 heterocycles. The van der Waals surface area contributed by atoms with Crippen LogP contribution >= 0.6 is 0 Å². The minimum Gasteiger partial charge on any atom is -0.445 e. The molecule has 1 aliphatic heterocycles. The Morgan fingerprint density at radius 3 is 2.97 bits per heavy atom. The summed E-state index contributed by atoms with van der Waals surface area (Å²) in [7, 11) is 0. The molecule has 0 aliphatic carbocycles. The second kappa shape index (κ2) is 7.73. The maximum Gasteiger partial charge on any atom is 0.257 e. The molecule has 0 N–H and O–H groups in total. The van der Waals surface area contributed by atoms with Crippen LogP contribution in [-0.4, -0.2) is 38.8 Å². The van der Waals surface area contributed by atoms with E-state index in [1.807, 2.05) is 17.9 Å². The van der Waals surface area contributed by atoms with E-state index in [1.54, 1.807) is 18.5 Å². The lowest BCUT2D eigenvalue weighted by atomic mass is 9.81. The van der Waals surface area contributed by atoms with Crippen molar-refractivity contribution in [1.29, 1.82) is 0 Å². The molecule has 0 radical (unpaired) electrons. The molecule has 7 heteroatoms. The highest BCUT2D eigenvalue weighted by atomic mass is 19.1. The predicted octanol–water partition coefficient (Wildman–Crippen LogP) is 3.70. The first-order chi connectivity index (χ1) is 13.9. The van der Waals surface area contributed by atoms with Crippen LogP contribution in [0.2, 0.25) is 0 Å². The average Bonchev–Trinajstić information content (AvgIpc) is 3.17. The van der Waals surface area contributed by atoms with E-state index in [1.165, 1.54) is 18.5 Å². The number of nitrogens with zero attached hydrogens (tertiary/aromatic N) is 4. The number of likely N-dealkylation sites (tertiary alicyclic amines) is 1. The second-order valence-corrected chi connectivity index (χ2v) is 7.85. The normalized spacial score (nSPS) is 19.3. The minimum absolute atomic E-state index is 0.0689. The average molecular weight is 394 g/mol. The van der Waals surface area contributed by atoms with E-state index in [0.717, 1.165) is 18.4 Å². The van der Waals surface area contributed by atoms with Crippen molar-refractivity contribution < 1.29 is 13.6 Å². The second-order valence-electron chi connectivity index (χ2n) is 7.85. The van der Waals surface area contributed by atoms with Gasteiger partial charge in [0.05, 0.1) is 22.9 Å². The molecule has 1 aliphatic rings. The maximum absolute atomic E-state index is 13.4. The molecule has 4 rings (SSSR count). The molecule has 1 fully saturated rings. The summed E-state index contributed by atoms with van der Waals surface area (Å²) in [4.78, 5) is 27.4. The summed E-state index contributed by atoms with van der Waals surface area (Å²) in [6, 6.07) is 6.46. The highest BCUT2D eigenvalue weighted by molar-refractivity contribution is 5.95. The number of rotatable bonds is 4. The number of carbonyl (C=O) groups is 1. The maximum atomic E-state index is 13.4. The Labute approximate surface area is 168 Å². The van der Waals surface area contributed by atoms with Crippen LogP contribution < -0.4 is 0 Å². The topological polar surface area (TPSA) is 72.1 Å². The van der Waals surface area contributed by atoms with Crippen LogP contribution in [0.4, 0.5) is 4.39 Å². The molecule has 150 valence electrons. The third-order valence-corrected chi connectivity index (χ3v) is 5.46. The Balaban J connectivity index is 1.51. The van der Waals surface area contributed by atoms with Gasteiger partial charge in [-0.05, 0) is 44.4 Å². The van der Waals surface area contributed by atoms with Gasteiger partial charge in [0.2, 0.25) is 5.89 Å². The van der Waals surface area contributed by atoms with Crippen molar-refractivity contribution in [3.63, 3.8) is 0 Å². The lowest BCUT2D eigenvalue weighted by molar-refractivity contribution is 0.0624. The first-order valence-electron chi connectivity index (χ1n) is 9.70. The highest BCUT2D eigenvalue weighted by Crippen LogP contribution is 2.34. The molecule has 1 aromatic carbocycles. The van der Waals surface area contributed by atoms with Gasteiger partial charge in [-0.25, -0.2) is 19.3 Å². The van der Waals surface area contributed by atoms with Crippen molar-refractivity contribution in [2.24, 2.45) is 0 Å². The van der Waals surface area contributed by atoms with E-state index in [4.69, 9.17) is 4.42 Å². The molecule has 0 spiro atoms. The predicted molar refractivity (Wildman–Crippen MR) is 105 cm³/mol.